The largest absolute Gasteiger partial charge is 0.362 e. The maximum absolute atomic E-state index is 12.3. The Balaban J connectivity index is 1.46. The van der Waals surface area contributed by atoms with Gasteiger partial charge in [-0.2, -0.15) is 4.98 Å². The van der Waals surface area contributed by atoms with Crippen molar-refractivity contribution in [2.75, 3.05) is 29.2 Å². The van der Waals surface area contributed by atoms with Gasteiger partial charge in [-0.15, -0.1) is 0 Å². The fourth-order valence-electron chi connectivity index (χ4n) is 4.96. The molecule has 3 N–H and O–H groups in total. The molecular weight excluding hydrogens is 394 g/mol. The zero-order valence-electron chi connectivity index (χ0n) is 18.9. The highest BCUT2D eigenvalue weighted by molar-refractivity contribution is 5.92. The van der Waals surface area contributed by atoms with Gasteiger partial charge in [-0.1, -0.05) is 5.16 Å². The van der Waals surface area contributed by atoms with Crippen LogP contribution >= 0.6 is 0 Å². The fraction of sp³-hybridized carbons (Fsp3) is 0.636. The molecule has 2 aliphatic rings. The van der Waals surface area contributed by atoms with Crippen molar-refractivity contribution >= 4 is 23.5 Å². The first kappa shape index (κ1) is 21.4. The molecule has 2 aromatic heterocycles. The molecule has 168 valence electrons. The number of amides is 2. The number of primary amides is 1. The van der Waals surface area contributed by atoms with E-state index < -0.39 is 6.03 Å². The van der Waals surface area contributed by atoms with Gasteiger partial charge in [0.15, 0.2) is 5.76 Å². The van der Waals surface area contributed by atoms with Crippen molar-refractivity contribution < 1.29 is 9.32 Å². The van der Waals surface area contributed by atoms with Crippen LogP contribution in [0, 0.1) is 13.8 Å². The molecule has 0 unspecified atom stereocenters. The number of urea groups is 1. The topological polar surface area (TPSA) is 113 Å². The highest BCUT2D eigenvalue weighted by atomic mass is 16.5. The van der Waals surface area contributed by atoms with Gasteiger partial charge in [0.2, 0.25) is 5.95 Å². The monoisotopic (exact) mass is 427 g/mol. The number of nitrogens with one attached hydrogen (secondary N) is 1. The molecule has 0 saturated heterocycles. The molecule has 9 heteroatoms. The van der Waals surface area contributed by atoms with Crippen LogP contribution < -0.4 is 20.9 Å². The minimum atomic E-state index is -0.459. The maximum Gasteiger partial charge on any atom is 0.319 e. The quantitative estimate of drug-likeness (QED) is 0.752. The normalized spacial score (nSPS) is 20.8. The van der Waals surface area contributed by atoms with E-state index in [1.54, 1.807) is 4.90 Å². The molecule has 1 fully saturated rings. The summed E-state index contributed by atoms with van der Waals surface area (Å²) in [4.78, 5) is 25.7. The average Bonchev–Trinajstić information content (AvgIpc) is 3.07. The lowest BCUT2D eigenvalue weighted by Crippen LogP contribution is -2.47. The van der Waals surface area contributed by atoms with Crippen LogP contribution in [0.1, 0.15) is 61.2 Å². The van der Waals surface area contributed by atoms with E-state index in [4.69, 9.17) is 20.2 Å². The second-order valence-electron chi connectivity index (χ2n) is 8.93. The number of aromatic nitrogens is 3. The molecule has 2 aromatic rings. The zero-order chi connectivity index (χ0) is 22.1. The van der Waals surface area contributed by atoms with Crippen LogP contribution in [0.25, 0.3) is 0 Å². The Labute approximate surface area is 183 Å². The van der Waals surface area contributed by atoms with Crippen LogP contribution in [-0.4, -0.2) is 47.3 Å². The number of nitrogens with zero attached hydrogens (tertiary/aromatic N) is 5. The van der Waals surface area contributed by atoms with Gasteiger partial charge >= 0.3 is 6.03 Å². The van der Waals surface area contributed by atoms with Crippen molar-refractivity contribution in [3.8, 4) is 0 Å². The molecule has 0 radical (unpaired) electrons. The summed E-state index contributed by atoms with van der Waals surface area (Å²) in [5.74, 6) is 2.36. The number of carbonyl (C=O) groups excluding carboxylic acids is 1. The lowest BCUT2D eigenvalue weighted by Gasteiger charge is -2.36. The van der Waals surface area contributed by atoms with Gasteiger partial charge in [0.05, 0.1) is 5.69 Å². The summed E-state index contributed by atoms with van der Waals surface area (Å²) >= 11 is 0. The van der Waals surface area contributed by atoms with E-state index in [1.807, 2.05) is 27.9 Å². The van der Waals surface area contributed by atoms with Crippen molar-refractivity contribution in [1.82, 2.24) is 15.1 Å². The minimum absolute atomic E-state index is 0.0362. The summed E-state index contributed by atoms with van der Waals surface area (Å²) in [6, 6.07) is -0.152. The predicted octanol–water partition coefficient (Wildman–Crippen LogP) is 3.33. The number of aryl methyl sites for hydroxylation is 3. The smallest absolute Gasteiger partial charge is 0.319 e. The van der Waals surface area contributed by atoms with Gasteiger partial charge in [0.25, 0.3) is 0 Å². The SMILES string of the molecule is Cc1noc(C)c1N(C(N)=O)[C@H]1CC[C@@H](Nc2nc3c(c(N(C)C)n2)CCCC3)CC1. The summed E-state index contributed by atoms with van der Waals surface area (Å²) in [6.07, 6.45) is 7.98. The standard InChI is InChI=1S/C22H33N7O2/c1-13-19(14(2)31-27-13)29(21(23)30)16-11-9-15(10-12-16)24-22-25-18-8-6-5-7-17(18)20(26-22)28(3)4/h15-16H,5-12H2,1-4H3,(H2,23,30)(H,24,25,26)/t15-,16+. The number of hydrogen-bond acceptors (Lipinski definition) is 7. The third-order valence-corrected chi connectivity index (χ3v) is 6.45. The van der Waals surface area contributed by atoms with Crippen LogP contribution in [-0.2, 0) is 12.8 Å². The molecule has 4 rings (SSSR count). The molecule has 2 heterocycles. The fourth-order valence-corrected chi connectivity index (χ4v) is 4.96. The summed E-state index contributed by atoms with van der Waals surface area (Å²) in [6.45, 7) is 3.65. The molecular formula is C22H33N7O2. The number of rotatable bonds is 5. The van der Waals surface area contributed by atoms with E-state index in [-0.39, 0.29) is 12.1 Å². The van der Waals surface area contributed by atoms with E-state index >= 15 is 0 Å². The van der Waals surface area contributed by atoms with Gasteiger partial charge < -0.3 is 20.5 Å². The Hall–Kier alpha value is -2.84. The highest BCUT2D eigenvalue weighted by Crippen LogP contribution is 2.33. The van der Waals surface area contributed by atoms with Crippen molar-refractivity contribution in [3.63, 3.8) is 0 Å². The molecule has 2 aliphatic carbocycles. The molecule has 1 saturated carbocycles. The van der Waals surface area contributed by atoms with Crippen molar-refractivity contribution in [2.45, 2.75) is 77.3 Å². The summed E-state index contributed by atoms with van der Waals surface area (Å²) in [7, 11) is 4.08. The number of carbonyl (C=O) groups is 1. The molecule has 0 atom stereocenters. The van der Waals surface area contributed by atoms with Gasteiger partial charge in [0, 0.05) is 31.7 Å². The van der Waals surface area contributed by atoms with Gasteiger partial charge in [-0.05, 0) is 65.2 Å². The molecule has 0 bridgehead atoms. The number of fused-ring (bicyclic) bond motifs is 1. The summed E-state index contributed by atoms with van der Waals surface area (Å²) in [5, 5.41) is 7.54. The Morgan fingerprint density at radius 2 is 1.81 bits per heavy atom. The summed E-state index contributed by atoms with van der Waals surface area (Å²) in [5.41, 5.74) is 9.61. The number of nitrogens with two attached hydrogens (primary N) is 1. The van der Waals surface area contributed by atoms with Gasteiger partial charge in [-0.3, -0.25) is 4.90 Å². The van der Waals surface area contributed by atoms with Crippen LogP contribution in [0.5, 0.6) is 0 Å². The van der Waals surface area contributed by atoms with Gasteiger partial charge in [-0.25, -0.2) is 9.78 Å². The molecule has 2 amide bonds. The number of hydrogen-bond donors (Lipinski definition) is 2. The first-order valence-corrected chi connectivity index (χ1v) is 11.2. The Morgan fingerprint density at radius 1 is 1.10 bits per heavy atom. The molecule has 0 aliphatic heterocycles. The lowest BCUT2D eigenvalue weighted by atomic mass is 9.90. The Bertz CT molecular complexity index is 928. The van der Waals surface area contributed by atoms with Crippen LogP contribution in [0.3, 0.4) is 0 Å². The van der Waals surface area contributed by atoms with E-state index in [9.17, 15) is 4.79 Å². The summed E-state index contributed by atoms with van der Waals surface area (Å²) < 4.78 is 5.26. The van der Waals surface area contributed by atoms with Crippen LogP contribution in [0.4, 0.5) is 22.2 Å². The van der Waals surface area contributed by atoms with Crippen LogP contribution in [0.2, 0.25) is 0 Å². The Kier molecular flexibility index (Phi) is 6.02. The lowest BCUT2D eigenvalue weighted by molar-refractivity contribution is 0.248. The van der Waals surface area contributed by atoms with E-state index in [2.05, 4.69) is 15.4 Å². The van der Waals surface area contributed by atoms with Crippen molar-refractivity contribution in [3.05, 3.63) is 22.7 Å². The highest BCUT2D eigenvalue weighted by Gasteiger charge is 2.32. The molecule has 0 aromatic carbocycles. The molecule has 0 spiro atoms. The van der Waals surface area contributed by atoms with Crippen molar-refractivity contribution in [1.29, 1.82) is 0 Å². The zero-order valence-corrected chi connectivity index (χ0v) is 18.9. The van der Waals surface area contributed by atoms with E-state index in [0.717, 1.165) is 44.3 Å². The van der Waals surface area contributed by atoms with Crippen molar-refractivity contribution in [2.24, 2.45) is 5.73 Å². The molecule has 31 heavy (non-hydrogen) atoms. The average molecular weight is 428 g/mol. The second-order valence-corrected chi connectivity index (χ2v) is 8.93. The van der Waals surface area contributed by atoms with E-state index in [1.165, 1.54) is 24.1 Å². The number of anilines is 3. The first-order valence-electron chi connectivity index (χ1n) is 11.2. The van der Waals surface area contributed by atoms with E-state index in [0.29, 0.717) is 23.1 Å². The first-order chi connectivity index (χ1) is 14.8. The molecule has 9 nitrogen and oxygen atoms in total. The van der Waals surface area contributed by atoms with Gasteiger partial charge in [0.1, 0.15) is 17.2 Å². The minimum Gasteiger partial charge on any atom is -0.362 e. The van der Waals surface area contributed by atoms with Crippen LogP contribution in [0.15, 0.2) is 4.52 Å². The third-order valence-electron chi connectivity index (χ3n) is 6.45. The predicted molar refractivity (Wildman–Crippen MR) is 121 cm³/mol. The second kappa shape index (κ2) is 8.72. The Morgan fingerprint density at radius 3 is 2.42 bits per heavy atom. The maximum atomic E-state index is 12.3. The third kappa shape index (κ3) is 4.31.